The number of carbonyl (C=O) groups is 4. The first-order chi connectivity index (χ1) is 12.3. The van der Waals surface area contributed by atoms with Crippen molar-refractivity contribution in [3.63, 3.8) is 0 Å². The lowest BCUT2D eigenvalue weighted by molar-refractivity contribution is 0.0486. The monoisotopic (exact) mass is 366 g/mol. The molecule has 0 aliphatic carbocycles. The van der Waals surface area contributed by atoms with Gasteiger partial charge in [-0.25, -0.2) is 14.4 Å². The van der Waals surface area contributed by atoms with Crippen LogP contribution in [0.2, 0.25) is 0 Å². The third-order valence-electron chi connectivity index (χ3n) is 3.69. The topological polar surface area (TPSA) is 127 Å². The van der Waals surface area contributed by atoms with Gasteiger partial charge >= 0.3 is 17.9 Å². The van der Waals surface area contributed by atoms with E-state index < -0.39 is 34.8 Å². The van der Waals surface area contributed by atoms with Crippen LogP contribution in [0.25, 0.3) is 0 Å². The third kappa shape index (κ3) is 5.96. The van der Waals surface area contributed by atoms with Gasteiger partial charge in [0.25, 0.3) is 0 Å². The summed E-state index contributed by atoms with van der Waals surface area (Å²) in [6.07, 6.45) is 3.20. The number of benzene rings is 1. The van der Waals surface area contributed by atoms with Crippen LogP contribution >= 0.6 is 0 Å². The Morgan fingerprint density at radius 1 is 0.808 bits per heavy atom. The van der Waals surface area contributed by atoms with Gasteiger partial charge in [-0.15, -0.1) is 0 Å². The summed E-state index contributed by atoms with van der Waals surface area (Å²) in [6, 6.07) is 1.78. The van der Waals surface area contributed by atoms with Crippen LogP contribution in [0, 0.1) is 0 Å². The van der Waals surface area contributed by atoms with Crippen LogP contribution in [-0.2, 0) is 9.47 Å². The largest absolute Gasteiger partial charge is 0.478 e. The summed E-state index contributed by atoms with van der Waals surface area (Å²) in [4.78, 5) is 46.4. The Hall–Kier alpha value is -2.74. The molecule has 0 aliphatic rings. The minimum absolute atomic E-state index is 0.0851. The molecule has 0 saturated heterocycles. The molecule has 142 valence electrons. The van der Waals surface area contributed by atoms with E-state index in [-0.39, 0.29) is 17.7 Å². The van der Waals surface area contributed by atoms with E-state index in [0.29, 0.717) is 13.0 Å². The highest BCUT2D eigenvalue weighted by Crippen LogP contribution is 2.20. The van der Waals surface area contributed by atoms with Gasteiger partial charge in [-0.2, -0.15) is 0 Å². The molecule has 0 radical (unpaired) electrons. The zero-order valence-corrected chi connectivity index (χ0v) is 14.7. The smallest absolute Gasteiger partial charge is 0.339 e. The normalized spacial score (nSPS) is 10.4. The minimum atomic E-state index is -1.45. The highest BCUT2D eigenvalue weighted by atomic mass is 16.5. The van der Waals surface area contributed by atoms with Crippen LogP contribution in [0.4, 0.5) is 0 Å². The van der Waals surface area contributed by atoms with Crippen molar-refractivity contribution in [1.29, 1.82) is 0 Å². The van der Waals surface area contributed by atoms with Crippen molar-refractivity contribution >= 4 is 23.7 Å². The van der Waals surface area contributed by atoms with Crippen LogP contribution in [-0.4, -0.2) is 54.2 Å². The Kier molecular flexibility index (Phi) is 8.44. The molecule has 8 nitrogen and oxygen atoms in total. The van der Waals surface area contributed by atoms with E-state index in [1.54, 1.807) is 7.11 Å². The van der Waals surface area contributed by atoms with Gasteiger partial charge in [-0.1, -0.05) is 6.42 Å². The first-order valence-corrected chi connectivity index (χ1v) is 8.11. The van der Waals surface area contributed by atoms with E-state index in [9.17, 15) is 29.4 Å². The van der Waals surface area contributed by atoms with Crippen LogP contribution in [0.3, 0.4) is 0 Å². The van der Waals surface area contributed by atoms with E-state index in [4.69, 9.17) is 9.47 Å². The van der Waals surface area contributed by atoms with Crippen LogP contribution in [0.1, 0.15) is 74.0 Å². The Balaban J connectivity index is 2.91. The molecule has 1 aromatic carbocycles. The van der Waals surface area contributed by atoms with Crippen LogP contribution < -0.4 is 0 Å². The second-order valence-corrected chi connectivity index (χ2v) is 5.65. The van der Waals surface area contributed by atoms with Gasteiger partial charge in [0.05, 0.1) is 23.3 Å². The lowest BCUT2D eigenvalue weighted by Gasteiger charge is -2.11. The number of Topliss-reactive ketones (excluding diaryl/α,β-unsaturated/α-hetero) is 1. The zero-order valence-electron chi connectivity index (χ0n) is 14.7. The lowest BCUT2D eigenvalue weighted by Crippen LogP contribution is -2.17. The van der Waals surface area contributed by atoms with Gasteiger partial charge in [0.2, 0.25) is 0 Å². The molecule has 26 heavy (non-hydrogen) atoms. The summed E-state index contributed by atoms with van der Waals surface area (Å²) in [5.74, 6) is -4.42. The average molecular weight is 366 g/mol. The molecule has 0 fully saturated rings. The Morgan fingerprint density at radius 3 is 1.81 bits per heavy atom. The van der Waals surface area contributed by atoms with Crippen molar-refractivity contribution in [3.8, 4) is 0 Å². The van der Waals surface area contributed by atoms with Gasteiger partial charge in [-0.3, -0.25) is 4.79 Å². The summed E-state index contributed by atoms with van der Waals surface area (Å²) >= 11 is 0. The van der Waals surface area contributed by atoms with Gasteiger partial charge < -0.3 is 19.7 Å². The van der Waals surface area contributed by atoms with E-state index in [1.165, 1.54) is 0 Å². The van der Waals surface area contributed by atoms with E-state index in [1.807, 2.05) is 0 Å². The number of carboxylic acids is 2. The highest BCUT2D eigenvalue weighted by Gasteiger charge is 2.25. The molecular weight excluding hydrogens is 344 g/mol. The quantitative estimate of drug-likeness (QED) is 0.347. The zero-order chi connectivity index (χ0) is 19.7. The molecule has 0 spiro atoms. The molecule has 2 N–H and O–H groups in total. The Labute approximate surface area is 150 Å². The number of ether oxygens (including phenoxy) is 2. The number of methoxy groups -OCH3 is 1. The summed E-state index contributed by atoms with van der Waals surface area (Å²) in [5.41, 5.74) is -1.57. The fraction of sp³-hybridized carbons (Fsp3) is 0.444. The summed E-state index contributed by atoms with van der Waals surface area (Å²) in [5, 5.41) is 18.5. The van der Waals surface area contributed by atoms with Gasteiger partial charge in [0.1, 0.15) is 0 Å². The summed E-state index contributed by atoms with van der Waals surface area (Å²) < 4.78 is 9.97. The van der Waals surface area contributed by atoms with Crippen LogP contribution in [0.5, 0.6) is 0 Å². The SMILES string of the molecule is COCCCCCCOC(=O)c1cc(C(=O)O)c(C(C)=O)cc1C(=O)O. The summed E-state index contributed by atoms with van der Waals surface area (Å²) in [7, 11) is 1.62. The maximum absolute atomic E-state index is 12.2. The lowest BCUT2D eigenvalue weighted by atomic mass is 9.96. The number of hydrogen-bond donors (Lipinski definition) is 2. The predicted octanol–water partition coefficient (Wildman–Crippen LogP) is 2.65. The molecule has 0 heterocycles. The molecule has 8 heteroatoms. The summed E-state index contributed by atoms with van der Waals surface area (Å²) in [6.45, 7) is 1.86. The molecule has 1 rings (SSSR count). The first-order valence-electron chi connectivity index (χ1n) is 8.11. The van der Waals surface area contributed by atoms with Crippen molar-refractivity contribution in [2.75, 3.05) is 20.3 Å². The van der Waals surface area contributed by atoms with Gasteiger partial charge in [0, 0.05) is 19.3 Å². The number of carboxylic acid groups (broad SMARTS) is 2. The molecule has 1 aromatic rings. The van der Waals surface area contributed by atoms with Crippen molar-refractivity contribution in [2.24, 2.45) is 0 Å². The number of unbranched alkanes of at least 4 members (excludes halogenated alkanes) is 3. The number of aromatic carboxylic acids is 2. The Bertz CT molecular complexity index is 693. The number of rotatable bonds is 11. The van der Waals surface area contributed by atoms with E-state index in [0.717, 1.165) is 38.3 Å². The number of hydrogen-bond acceptors (Lipinski definition) is 6. The maximum Gasteiger partial charge on any atom is 0.339 e. The second kappa shape index (κ2) is 10.3. The molecular formula is C18H22O8. The second-order valence-electron chi connectivity index (χ2n) is 5.65. The molecule has 0 bridgehead atoms. The van der Waals surface area contributed by atoms with Gasteiger partial charge in [0.15, 0.2) is 5.78 Å². The van der Waals surface area contributed by atoms with Crippen molar-refractivity contribution in [3.05, 3.63) is 34.4 Å². The maximum atomic E-state index is 12.2. The predicted molar refractivity (Wildman–Crippen MR) is 91.0 cm³/mol. The standard InChI is InChI=1S/C18H22O8/c1-11(19)12-9-14(17(22)23)15(10-13(12)16(20)21)18(24)26-8-6-4-3-5-7-25-2/h9-10H,3-8H2,1-2H3,(H,20,21)(H,22,23). The van der Waals surface area contributed by atoms with Crippen molar-refractivity contribution in [1.82, 2.24) is 0 Å². The van der Waals surface area contributed by atoms with Gasteiger partial charge in [-0.05, 0) is 38.3 Å². The first kappa shape index (κ1) is 21.3. The molecule has 0 amide bonds. The van der Waals surface area contributed by atoms with Crippen LogP contribution in [0.15, 0.2) is 12.1 Å². The van der Waals surface area contributed by atoms with Crippen molar-refractivity contribution < 1.29 is 38.9 Å². The Morgan fingerprint density at radius 2 is 1.31 bits per heavy atom. The molecule has 0 aromatic heterocycles. The van der Waals surface area contributed by atoms with Crippen molar-refractivity contribution in [2.45, 2.75) is 32.6 Å². The molecule has 0 atom stereocenters. The molecule has 0 aliphatic heterocycles. The number of esters is 1. The average Bonchev–Trinajstić information content (AvgIpc) is 2.59. The molecule has 0 saturated carbocycles. The fourth-order valence-corrected chi connectivity index (χ4v) is 2.36. The molecule has 0 unspecified atom stereocenters. The minimum Gasteiger partial charge on any atom is -0.478 e. The number of carbonyl (C=O) groups excluding carboxylic acids is 2. The number of ketones is 1. The highest BCUT2D eigenvalue weighted by molar-refractivity contribution is 6.10. The fourth-order valence-electron chi connectivity index (χ4n) is 2.36. The third-order valence-corrected chi connectivity index (χ3v) is 3.69. The van der Waals surface area contributed by atoms with E-state index >= 15 is 0 Å². The van der Waals surface area contributed by atoms with E-state index in [2.05, 4.69) is 0 Å².